The van der Waals surface area contributed by atoms with Gasteiger partial charge in [-0.3, -0.25) is 29.1 Å². The molecule has 0 amide bonds. The Bertz CT molecular complexity index is 507. The average Bonchev–Trinajstić information content (AvgIpc) is 2.64. The molecule has 0 aromatic rings. The molecule has 1 saturated heterocycles. The summed E-state index contributed by atoms with van der Waals surface area (Å²) >= 11 is 0. The maximum atomic E-state index is 12.6. The maximum Gasteiger partial charge on any atom is 0.264 e. The summed E-state index contributed by atoms with van der Waals surface area (Å²) in [6, 6.07) is 0. The summed E-state index contributed by atoms with van der Waals surface area (Å²) in [5.41, 5.74) is 0. The van der Waals surface area contributed by atoms with Crippen molar-refractivity contribution in [1.82, 2.24) is 14.7 Å². The summed E-state index contributed by atoms with van der Waals surface area (Å²) in [5, 5.41) is 0. The first-order valence-corrected chi connectivity index (χ1v) is 9.47. The van der Waals surface area contributed by atoms with Crippen molar-refractivity contribution in [2.45, 2.75) is 45.7 Å². The van der Waals surface area contributed by atoms with E-state index >= 15 is 0 Å². The molecule has 0 spiro atoms. The molecule has 0 N–H and O–H groups in total. The number of hydrogen-bond acceptors (Lipinski definition) is 6. The third-order valence-electron chi connectivity index (χ3n) is 4.83. The molecule has 0 radical (unpaired) electrons. The van der Waals surface area contributed by atoms with Gasteiger partial charge in [0.15, 0.2) is 6.29 Å². The molecule has 2 atom stereocenters. The zero-order chi connectivity index (χ0) is 19.5. The second-order valence-corrected chi connectivity index (χ2v) is 6.89. The summed E-state index contributed by atoms with van der Waals surface area (Å²) in [6.45, 7) is 14.9. The van der Waals surface area contributed by atoms with Gasteiger partial charge in [-0.2, -0.15) is 0 Å². The van der Waals surface area contributed by atoms with Crippen molar-refractivity contribution in [2.24, 2.45) is 5.92 Å². The molecule has 0 aromatic heterocycles. The molecule has 146 valence electrons. The van der Waals surface area contributed by atoms with Crippen LogP contribution in [0, 0.1) is 5.92 Å². The Hall–Kier alpha value is -1.63. The predicted octanol–water partition coefficient (Wildman–Crippen LogP) is 2.07. The molecular formula is C20H33N3O3. The van der Waals surface area contributed by atoms with Gasteiger partial charge in [-0.1, -0.05) is 45.3 Å². The van der Waals surface area contributed by atoms with E-state index in [4.69, 9.17) is 0 Å². The van der Waals surface area contributed by atoms with Gasteiger partial charge in [0.05, 0.1) is 13.3 Å². The largest absolute Gasteiger partial charge is 0.294 e. The van der Waals surface area contributed by atoms with Crippen LogP contribution in [0.3, 0.4) is 0 Å². The van der Waals surface area contributed by atoms with Gasteiger partial charge >= 0.3 is 0 Å². The van der Waals surface area contributed by atoms with Crippen LogP contribution in [0.5, 0.6) is 0 Å². The van der Waals surface area contributed by atoms with E-state index in [2.05, 4.69) is 31.9 Å². The molecule has 0 aliphatic carbocycles. The van der Waals surface area contributed by atoms with Gasteiger partial charge in [0.1, 0.15) is 6.17 Å². The van der Waals surface area contributed by atoms with Crippen molar-refractivity contribution >= 4 is 17.9 Å². The van der Waals surface area contributed by atoms with E-state index in [0.29, 0.717) is 32.3 Å². The molecule has 0 aromatic carbocycles. The highest BCUT2D eigenvalue weighted by atomic mass is 16.2. The van der Waals surface area contributed by atoms with E-state index in [-0.39, 0.29) is 6.29 Å². The van der Waals surface area contributed by atoms with Crippen molar-refractivity contribution in [3.05, 3.63) is 25.3 Å². The van der Waals surface area contributed by atoms with Crippen molar-refractivity contribution in [1.29, 1.82) is 0 Å². The maximum absolute atomic E-state index is 12.6. The first-order valence-electron chi connectivity index (χ1n) is 9.47. The monoisotopic (exact) mass is 363 g/mol. The molecular weight excluding hydrogens is 330 g/mol. The molecule has 6 heteroatoms. The summed E-state index contributed by atoms with van der Waals surface area (Å²) in [4.78, 5) is 41.4. The number of aldehydes is 1. The van der Waals surface area contributed by atoms with Gasteiger partial charge in [0.25, 0.3) is 5.78 Å². The fraction of sp³-hybridized carbons (Fsp3) is 0.650. The zero-order valence-electron chi connectivity index (χ0n) is 16.2. The molecule has 1 aliphatic heterocycles. The molecule has 1 aliphatic rings. The van der Waals surface area contributed by atoms with Crippen LogP contribution >= 0.6 is 0 Å². The van der Waals surface area contributed by atoms with Gasteiger partial charge in [0, 0.05) is 19.6 Å². The van der Waals surface area contributed by atoms with E-state index in [1.54, 1.807) is 6.08 Å². The van der Waals surface area contributed by atoms with Crippen LogP contribution in [-0.2, 0) is 14.4 Å². The molecule has 2 unspecified atom stereocenters. The Kier molecular flexibility index (Phi) is 10.2. The normalized spacial score (nSPS) is 20.5. The number of Topliss-reactive ketones (excluding diaryl/α,β-unsaturated/α-hetero) is 2. The minimum atomic E-state index is -0.965. The molecule has 1 heterocycles. The quantitative estimate of drug-likeness (QED) is 0.216. The van der Waals surface area contributed by atoms with E-state index in [1.165, 1.54) is 0 Å². The zero-order valence-corrected chi connectivity index (χ0v) is 16.2. The summed E-state index contributed by atoms with van der Waals surface area (Å²) in [7, 11) is 0. The number of unbranched alkanes of at least 4 members (excludes halogenated alkanes) is 1. The van der Waals surface area contributed by atoms with E-state index < -0.39 is 17.7 Å². The highest BCUT2D eigenvalue weighted by Gasteiger charge is 2.40. The molecule has 1 fully saturated rings. The summed E-state index contributed by atoms with van der Waals surface area (Å²) in [6.07, 6.45) is 7.35. The summed E-state index contributed by atoms with van der Waals surface area (Å²) in [5.74, 6) is -1.16. The molecule has 26 heavy (non-hydrogen) atoms. The fourth-order valence-electron chi connectivity index (χ4n) is 3.49. The lowest BCUT2D eigenvalue weighted by Gasteiger charge is -2.47. The minimum Gasteiger partial charge on any atom is -0.294 e. The van der Waals surface area contributed by atoms with Gasteiger partial charge in [-0.05, 0) is 12.3 Å². The second-order valence-electron chi connectivity index (χ2n) is 6.89. The van der Waals surface area contributed by atoms with Gasteiger partial charge in [-0.25, -0.2) is 0 Å². The number of carbonyl (C=O) groups excluding carboxylic acids is 3. The Morgan fingerprint density at radius 2 is 1.77 bits per heavy atom. The fourth-order valence-corrected chi connectivity index (χ4v) is 3.49. The van der Waals surface area contributed by atoms with Gasteiger partial charge in [-0.15, -0.1) is 13.2 Å². The summed E-state index contributed by atoms with van der Waals surface area (Å²) < 4.78 is 0. The smallest absolute Gasteiger partial charge is 0.264 e. The number of nitrogens with zero attached hydrogens (tertiary/aromatic N) is 3. The molecule has 6 nitrogen and oxygen atoms in total. The van der Waals surface area contributed by atoms with Gasteiger partial charge < -0.3 is 0 Å². The van der Waals surface area contributed by atoms with Crippen LogP contribution in [0.1, 0.15) is 39.5 Å². The van der Waals surface area contributed by atoms with Crippen LogP contribution in [-0.4, -0.2) is 71.7 Å². The van der Waals surface area contributed by atoms with E-state index in [9.17, 15) is 14.4 Å². The van der Waals surface area contributed by atoms with Crippen molar-refractivity contribution in [3.8, 4) is 0 Å². The number of rotatable bonds is 13. The Morgan fingerprint density at radius 1 is 1.12 bits per heavy atom. The third-order valence-corrected chi connectivity index (χ3v) is 4.83. The number of carbonyl (C=O) groups is 3. The van der Waals surface area contributed by atoms with Crippen LogP contribution < -0.4 is 0 Å². The topological polar surface area (TPSA) is 60.9 Å². The second kappa shape index (κ2) is 11.9. The Labute approximate surface area is 157 Å². The van der Waals surface area contributed by atoms with Crippen molar-refractivity contribution in [3.63, 3.8) is 0 Å². The minimum absolute atomic E-state index is 0.122. The first-order chi connectivity index (χ1) is 12.5. The lowest BCUT2D eigenvalue weighted by atomic mass is 9.98. The first kappa shape index (κ1) is 22.4. The van der Waals surface area contributed by atoms with Crippen LogP contribution in [0.2, 0.25) is 0 Å². The SMILES string of the molecule is C=CCN1CN(CC=C)C(C(=O)C(=O)C=O)N(CC(CC)CCCC)C1. The van der Waals surface area contributed by atoms with E-state index in [0.717, 1.165) is 32.2 Å². The van der Waals surface area contributed by atoms with Crippen LogP contribution in [0.15, 0.2) is 25.3 Å². The predicted molar refractivity (Wildman–Crippen MR) is 103 cm³/mol. The molecule has 0 saturated carbocycles. The molecule has 1 rings (SSSR count). The van der Waals surface area contributed by atoms with E-state index in [1.807, 2.05) is 15.9 Å². The van der Waals surface area contributed by atoms with Crippen molar-refractivity contribution in [2.75, 3.05) is 33.0 Å². The lowest BCUT2D eigenvalue weighted by molar-refractivity contribution is -0.153. The van der Waals surface area contributed by atoms with Crippen LogP contribution in [0.25, 0.3) is 0 Å². The Morgan fingerprint density at radius 3 is 2.31 bits per heavy atom. The standard InChI is InChI=1S/C20H33N3O3/c1-5-9-10-17(8-4)13-23-16-21(11-6-2)15-22(12-7-3)20(23)19(26)18(25)14-24/h6-7,14,17,20H,2-3,5,8-13,15-16H2,1,4H3. The Balaban J connectivity index is 3.09. The molecule has 0 bridgehead atoms. The van der Waals surface area contributed by atoms with Crippen LogP contribution in [0.4, 0.5) is 0 Å². The highest BCUT2D eigenvalue weighted by molar-refractivity contribution is 6.58. The van der Waals surface area contributed by atoms with Gasteiger partial charge in [0.2, 0.25) is 5.78 Å². The number of ketones is 2. The lowest BCUT2D eigenvalue weighted by Crippen LogP contribution is -2.65. The van der Waals surface area contributed by atoms with Crippen molar-refractivity contribution < 1.29 is 14.4 Å². The average molecular weight is 364 g/mol. The highest BCUT2D eigenvalue weighted by Crippen LogP contribution is 2.22. The third kappa shape index (κ3) is 6.27. The number of hydrogen-bond donors (Lipinski definition) is 0.